The molecule has 98 valence electrons. The van der Waals surface area contributed by atoms with E-state index >= 15 is 0 Å². The lowest BCUT2D eigenvalue weighted by molar-refractivity contribution is -0.144. The highest BCUT2D eigenvalue weighted by Gasteiger charge is 2.44. The van der Waals surface area contributed by atoms with Crippen LogP contribution in [0.5, 0.6) is 0 Å². The van der Waals surface area contributed by atoms with Gasteiger partial charge in [0, 0.05) is 26.3 Å². The average molecular weight is 254 g/mol. The summed E-state index contributed by atoms with van der Waals surface area (Å²) in [5.41, 5.74) is -0.846. The summed E-state index contributed by atoms with van der Waals surface area (Å²) in [7, 11) is 1.71. The topological polar surface area (TPSA) is 105 Å². The van der Waals surface area contributed by atoms with Gasteiger partial charge in [-0.1, -0.05) is 0 Å². The Morgan fingerprint density at radius 3 is 2.89 bits per heavy atom. The summed E-state index contributed by atoms with van der Waals surface area (Å²) in [5, 5.41) is 18.0. The van der Waals surface area contributed by atoms with Crippen LogP contribution in [0.4, 0.5) is 10.5 Å². The molecule has 3 N–H and O–H groups in total. The molecule has 1 atom stereocenters. The van der Waals surface area contributed by atoms with Gasteiger partial charge < -0.3 is 20.5 Å². The minimum absolute atomic E-state index is 0.0250. The number of aliphatic carboxylic acids is 1. The number of anilines is 1. The van der Waals surface area contributed by atoms with Gasteiger partial charge in [-0.2, -0.15) is 5.10 Å². The first kappa shape index (κ1) is 12.4. The third kappa shape index (κ3) is 2.43. The Bertz CT molecular complexity index is 464. The van der Waals surface area contributed by atoms with E-state index in [0.29, 0.717) is 12.3 Å². The van der Waals surface area contributed by atoms with Crippen LogP contribution in [0, 0.1) is 0 Å². The van der Waals surface area contributed by atoms with Crippen molar-refractivity contribution in [1.29, 1.82) is 0 Å². The first-order valence-electron chi connectivity index (χ1n) is 5.41. The van der Waals surface area contributed by atoms with Crippen LogP contribution in [0.2, 0.25) is 0 Å². The number of aryl methyl sites for hydroxylation is 1. The Morgan fingerprint density at radius 2 is 2.39 bits per heavy atom. The summed E-state index contributed by atoms with van der Waals surface area (Å²) in [6.45, 7) is 0.294. The standard InChI is InChI=1S/C10H14N4O4/c1-14-5-7(4-11-14)12-9(17)13-10(8(15)16)2-3-18-6-10/h4-5H,2-3,6H2,1H3,(H,15,16)(H2,12,13,17). The van der Waals surface area contributed by atoms with E-state index in [9.17, 15) is 9.59 Å². The number of carbonyl (C=O) groups is 2. The van der Waals surface area contributed by atoms with Gasteiger partial charge >= 0.3 is 12.0 Å². The number of hydrogen-bond acceptors (Lipinski definition) is 4. The first-order chi connectivity index (χ1) is 8.52. The summed E-state index contributed by atoms with van der Waals surface area (Å²) in [5.74, 6) is -1.10. The zero-order chi connectivity index (χ0) is 13.2. The first-order valence-corrected chi connectivity index (χ1v) is 5.41. The summed E-state index contributed by atoms with van der Waals surface area (Å²) in [6, 6.07) is -0.587. The zero-order valence-corrected chi connectivity index (χ0v) is 9.84. The molecule has 1 aliphatic heterocycles. The molecule has 1 saturated heterocycles. The fourth-order valence-corrected chi connectivity index (χ4v) is 1.75. The van der Waals surface area contributed by atoms with E-state index in [1.54, 1.807) is 13.2 Å². The van der Waals surface area contributed by atoms with E-state index in [-0.39, 0.29) is 13.0 Å². The van der Waals surface area contributed by atoms with E-state index in [1.165, 1.54) is 10.9 Å². The van der Waals surface area contributed by atoms with Gasteiger partial charge in [-0.25, -0.2) is 9.59 Å². The Labute approximate surface area is 103 Å². The molecule has 2 rings (SSSR count). The summed E-state index contributed by atoms with van der Waals surface area (Å²) in [4.78, 5) is 22.9. The molecule has 8 heteroatoms. The molecule has 2 heterocycles. The van der Waals surface area contributed by atoms with Gasteiger partial charge in [-0.15, -0.1) is 0 Å². The number of hydrogen-bond donors (Lipinski definition) is 3. The molecule has 0 saturated carbocycles. The molecule has 0 aromatic carbocycles. The van der Waals surface area contributed by atoms with Crippen LogP contribution < -0.4 is 10.6 Å². The van der Waals surface area contributed by atoms with Crippen LogP contribution in [0.25, 0.3) is 0 Å². The minimum Gasteiger partial charge on any atom is -0.479 e. The van der Waals surface area contributed by atoms with E-state index < -0.39 is 17.5 Å². The number of ether oxygens (including phenoxy) is 1. The average Bonchev–Trinajstić information content (AvgIpc) is 2.89. The number of carboxylic acids is 1. The molecule has 0 aliphatic carbocycles. The van der Waals surface area contributed by atoms with Crippen molar-refractivity contribution in [3.05, 3.63) is 12.4 Å². The van der Waals surface area contributed by atoms with Crippen LogP contribution in [0.1, 0.15) is 6.42 Å². The SMILES string of the molecule is Cn1cc(NC(=O)NC2(C(=O)O)CCOC2)cn1. The number of nitrogens with zero attached hydrogens (tertiary/aromatic N) is 2. The number of urea groups is 1. The molecule has 0 spiro atoms. The summed E-state index contributed by atoms with van der Waals surface area (Å²) in [6.07, 6.45) is 3.33. The molecule has 1 aliphatic rings. The molecule has 1 aromatic heterocycles. The maximum atomic E-state index is 11.7. The number of carbonyl (C=O) groups excluding carboxylic acids is 1. The molecular formula is C10H14N4O4. The van der Waals surface area contributed by atoms with Gasteiger partial charge in [0.15, 0.2) is 5.54 Å². The smallest absolute Gasteiger partial charge is 0.332 e. The van der Waals surface area contributed by atoms with Crippen LogP contribution in [0.15, 0.2) is 12.4 Å². The van der Waals surface area contributed by atoms with Crippen LogP contribution >= 0.6 is 0 Å². The Morgan fingerprint density at radius 1 is 1.61 bits per heavy atom. The highest BCUT2D eigenvalue weighted by Crippen LogP contribution is 2.19. The van der Waals surface area contributed by atoms with Gasteiger partial charge in [-0.05, 0) is 0 Å². The van der Waals surface area contributed by atoms with Crippen molar-refractivity contribution >= 4 is 17.7 Å². The molecular weight excluding hydrogens is 240 g/mol. The molecule has 1 fully saturated rings. The number of amides is 2. The lowest BCUT2D eigenvalue weighted by Gasteiger charge is -2.23. The zero-order valence-electron chi connectivity index (χ0n) is 9.84. The molecule has 1 aromatic rings. The fraction of sp³-hybridized carbons (Fsp3) is 0.500. The Kier molecular flexibility index (Phi) is 3.19. The monoisotopic (exact) mass is 254 g/mol. The van der Waals surface area contributed by atoms with Crippen LogP contribution in [-0.4, -0.2) is 45.6 Å². The van der Waals surface area contributed by atoms with Crippen molar-refractivity contribution in [1.82, 2.24) is 15.1 Å². The van der Waals surface area contributed by atoms with Crippen molar-refractivity contribution in [3.8, 4) is 0 Å². The summed E-state index contributed by atoms with van der Waals surface area (Å²) < 4.78 is 6.57. The predicted octanol–water partition coefficient (Wildman–Crippen LogP) is -0.215. The normalized spacial score (nSPS) is 22.7. The van der Waals surface area contributed by atoms with Gasteiger partial charge in [-0.3, -0.25) is 4.68 Å². The molecule has 8 nitrogen and oxygen atoms in total. The van der Waals surface area contributed by atoms with E-state index in [4.69, 9.17) is 9.84 Å². The minimum atomic E-state index is -1.34. The van der Waals surface area contributed by atoms with Crippen LogP contribution in [0.3, 0.4) is 0 Å². The third-order valence-corrected chi connectivity index (χ3v) is 2.75. The van der Waals surface area contributed by atoms with E-state index in [1.807, 2.05) is 0 Å². The second-order valence-corrected chi connectivity index (χ2v) is 4.17. The predicted molar refractivity (Wildman–Crippen MR) is 61.2 cm³/mol. The van der Waals surface area contributed by atoms with E-state index in [0.717, 1.165) is 0 Å². The lowest BCUT2D eigenvalue weighted by Crippen LogP contribution is -2.56. The number of rotatable bonds is 3. The quantitative estimate of drug-likeness (QED) is 0.691. The maximum Gasteiger partial charge on any atom is 0.332 e. The van der Waals surface area contributed by atoms with Crippen molar-refractivity contribution in [3.63, 3.8) is 0 Å². The number of aromatic nitrogens is 2. The number of carboxylic acid groups (broad SMARTS) is 1. The highest BCUT2D eigenvalue weighted by atomic mass is 16.5. The maximum absolute atomic E-state index is 11.7. The van der Waals surface area contributed by atoms with Gasteiger partial charge in [0.1, 0.15) is 0 Å². The second-order valence-electron chi connectivity index (χ2n) is 4.17. The molecule has 0 radical (unpaired) electrons. The largest absolute Gasteiger partial charge is 0.479 e. The highest BCUT2D eigenvalue weighted by molar-refractivity contribution is 5.93. The lowest BCUT2D eigenvalue weighted by atomic mass is 9.99. The van der Waals surface area contributed by atoms with Crippen LogP contribution in [-0.2, 0) is 16.6 Å². The summed E-state index contributed by atoms with van der Waals surface area (Å²) >= 11 is 0. The third-order valence-electron chi connectivity index (χ3n) is 2.75. The second kappa shape index (κ2) is 4.65. The van der Waals surface area contributed by atoms with Gasteiger partial charge in [0.2, 0.25) is 0 Å². The van der Waals surface area contributed by atoms with Crippen molar-refractivity contribution in [2.45, 2.75) is 12.0 Å². The molecule has 18 heavy (non-hydrogen) atoms. The van der Waals surface area contributed by atoms with Crippen molar-refractivity contribution in [2.75, 3.05) is 18.5 Å². The fourth-order valence-electron chi connectivity index (χ4n) is 1.75. The number of nitrogens with one attached hydrogen (secondary N) is 2. The Hall–Kier alpha value is -2.09. The van der Waals surface area contributed by atoms with Gasteiger partial charge in [0.25, 0.3) is 0 Å². The molecule has 2 amide bonds. The van der Waals surface area contributed by atoms with E-state index in [2.05, 4.69) is 15.7 Å². The van der Waals surface area contributed by atoms with Crippen molar-refractivity contribution in [2.24, 2.45) is 7.05 Å². The van der Waals surface area contributed by atoms with Gasteiger partial charge in [0.05, 0.1) is 18.5 Å². The molecule has 0 bridgehead atoms. The molecule has 1 unspecified atom stereocenters. The van der Waals surface area contributed by atoms with Crippen molar-refractivity contribution < 1.29 is 19.4 Å². The Balaban J connectivity index is 1.99.